The van der Waals surface area contributed by atoms with Crippen LogP contribution in [-0.2, 0) is 44.6 Å². The smallest absolute Gasteiger partial charge is 0.123 e. The van der Waals surface area contributed by atoms with Crippen LogP contribution >= 0.6 is 0 Å². The highest BCUT2D eigenvalue weighted by atomic mass is 16.5. The minimum absolute atomic E-state index is 0.0347. The minimum atomic E-state index is -0.0347. The molecule has 0 amide bonds. The maximum absolute atomic E-state index is 6.91. The number of ether oxygens (including phenoxy) is 6. The molecule has 72 heavy (non-hydrogen) atoms. The molecule has 3 saturated carbocycles. The molecule has 6 aromatic rings. The van der Waals surface area contributed by atoms with E-state index < -0.39 is 0 Å². The fourth-order valence-corrected chi connectivity index (χ4v) is 22.2. The third-order valence-electron chi connectivity index (χ3n) is 23.7. The van der Waals surface area contributed by atoms with Crippen LogP contribution in [-0.4, -0.2) is 84.6 Å². The molecule has 14 aliphatic rings. The van der Waals surface area contributed by atoms with Crippen LogP contribution in [0.1, 0.15) is 122 Å². The minimum Gasteiger partial charge on any atom is -0.493 e. The Kier molecular flexibility index (Phi) is 7.08. The summed E-state index contributed by atoms with van der Waals surface area (Å²) in [5.74, 6) is 5.87. The normalized spacial score (nSPS) is 34.8. The molecule has 3 heterocycles. The maximum atomic E-state index is 6.91. The molecule has 0 N–H and O–H groups in total. The summed E-state index contributed by atoms with van der Waals surface area (Å²) in [4.78, 5) is 2.94. The Balaban J connectivity index is 0.808. The molecule has 2 spiro atoms. The van der Waals surface area contributed by atoms with Crippen LogP contribution in [0.3, 0.4) is 0 Å². The summed E-state index contributed by atoms with van der Waals surface area (Å²) in [6, 6.07) is 7.41. The first-order valence-electron chi connectivity index (χ1n) is 28.9. The second-order valence-electron chi connectivity index (χ2n) is 27.2. The number of fused-ring (bicyclic) bond motifs is 4. The summed E-state index contributed by atoms with van der Waals surface area (Å²) >= 11 is 0. The van der Waals surface area contributed by atoms with E-state index in [0.717, 1.165) is 75.8 Å². The number of aryl methyl sites for hydroxylation is 3. The lowest BCUT2D eigenvalue weighted by Gasteiger charge is -2.59. The number of allylic oxidation sites excluding steroid dienone is 1. The largest absolute Gasteiger partial charge is 0.493 e. The molecule has 3 saturated heterocycles. The Morgan fingerprint density at radius 2 is 1.29 bits per heavy atom. The Hall–Kier alpha value is -4.24. The molecule has 9 atom stereocenters. The molecule has 20 rings (SSSR count). The van der Waals surface area contributed by atoms with Crippen LogP contribution in [0, 0.1) is 45.3 Å². The van der Waals surface area contributed by atoms with Gasteiger partial charge in [-0.05, 0) is 227 Å². The van der Waals surface area contributed by atoms with Crippen molar-refractivity contribution >= 4 is 59.8 Å². The second-order valence-corrected chi connectivity index (χ2v) is 27.2. The van der Waals surface area contributed by atoms with E-state index in [-0.39, 0.29) is 27.7 Å². The number of rotatable bonds is 15. The molecule has 6 fully saturated rings. The summed E-state index contributed by atoms with van der Waals surface area (Å²) in [5.41, 5.74) is 22.2. The van der Waals surface area contributed by atoms with E-state index in [2.05, 4.69) is 44.0 Å². The van der Waals surface area contributed by atoms with Gasteiger partial charge in [-0.15, -0.1) is 0 Å². The van der Waals surface area contributed by atoms with Gasteiger partial charge < -0.3 is 28.4 Å². The predicted octanol–water partition coefficient (Wildman–Crippen LogP) is 9.24. The maximum Gasteiger partial charge on any atom is 0.123 e. The van der Waals surface area contributed by atoms with Crippen molar-refractivity contribution in [3.05, 3.63) is 83.9 Å². The van der Waals surface area contributed by atoms with Crippen molar-refractivity contribution in [3.8, 4) is 11.5 Å². The van der Waals surface area contributed by atoms with Crippen molar-refractivity contribution in [2.75, 3.05) is 79.7 Å². The number of nitrogens with zero attached hydrogens (tertiary/aromatic N) is 1. The van der Waals surface area contributed by atoms with Gasteiger partial charge >= 0.3 is 0 Å². The summed E-state index contributed by atoms with van der Waals surface area (Å²) in [5, 5.41) is 19.6. The zero-order valence-electron chi connectivity index (χ0n) is 42.4. The summed E-state index contributed by atoms with van der Waals surface area (Å²) in [6.07, 6.45) is 14.7. The van der Waals surface area contributed by atoms with Gasteiger partial charge in [0, 0.05) is 72.3 Å². The molecule has 7 nitrogen and oxygen atoms in total. The van der Waals surface area contributed by atoms with Gasteiger partial charge in [-0.2, -0.15) is 0 Å². The highest BCUT2D eigenvalue weighted by Crippen LogP contribution is 2.88. The Labute approximate surface area is 420 Å². The SMILES string of the molecule is CN1CC23C4=c5c6c7c8c9c%10c%11c8c8c(c%12c%13c%14c(c5c7c%138)C5C(CCC(C45)C2CCC2=C(CC%10)C=9C6C23C1c1cc(OCCCOCC2(C)COC2)cc(OCCCOCC2(C)COC2)c1)C=%14CC%12)CC%11. The molecular weight excluding hydrogens is 891 g/mol. The molecule has 11 aliphatic carbocycles. The quantitative estimate of drug-likeness (QED) is 0.0953. The van der Waals surface area contributed by atoms with Crippen LogP contribution in [0.25, 0.3) is 59.8 Å². The predicted molar refractivity (Wildman–Crippen MR) is 279 cm³/mol. The highest BCUT2D eigenvalue weighted by molar-refractivity contribution is 6.41. The van der Waals surface area contributed by atoms with Gasteiger partial charge in [0.15, 0.2) is 0 Å². The lowest BCUT2D eigenvalue weighted by atomic mass is 9.42. The lowest BCUT2D eigenvalue weighted by Crippen LogP contribution is -2.56. The Morgan fingerprint density at radius 1 is 0.611 bits per heavy atom. The van der Waals surface area contributed by atoms with Gasteiger partial charge in [0.25, 0.3) is 0 Å². The molecule has 7 heteroatoms. The third kappa shape index (κ3) is 4.06. The molecule has 6 aromatic carbocycles. The van der Waals surface area contributed by atoms with E-state index in [0.29, 0.717) is 50.1 Å². The molecular formula is C65H65NO6. The van der Waals surface area contributed by atoms with Crippen molar-refractivity contribution in [3.63, 3.8) is 0 Å². The molecule has 366 valence electrons. The molecule has 3 aliphatic heterocycles. The molecule has 0 bridgehead atoms. The average Bonchev–Trinajstić information content (AvgIpc) is 4.28. The van der Waals surface area contributed by atoms with Gasteiger partial charge in [-0.25, -0.2) is 0 Å². The van der Waals surface area contributed by atoms with Gasteiger partial charge in [0.1, 0.15) is 11.5 Å². The van der Waals surface area contributed by atoms with E-state index >= 15 is 0 Å². The fraction of sp³-hybridized carbons (Fsp3) is 0.569. The van der Waals surface area contributed by atoms with Crippen LogP contribution in [0.5, 0.6) is 11.5 Å². The van der Waals surface area contributed by atoms with Gasteiger partial charge in [0.2, 0.25) is 0 Å². The fourth-order valence-electron chi connectivity index (χ4n) is 22.2. The number of benzene rings is 3. The molecule has 9 unspecified atom stereocenters. The zero-order chi connectivity index (χ0) is 46.7. The van der Waals surface area contributed by atoms with Crippen molar-refractivity contribution in [1.29, 1.82) is 0 Å². The average molecular weight is 956 g/mol. The van der Waals surface area contributed by atoms with Crippen LogP contribution < -0.4 is 25.1 Å². The van der Waals surface area contributed by atoms with Gasteiger partial charge in [-0.1, -0.05) is 25.0 Å². The van der Waals surface area contributed by atoms with Crippen LogP contribution in [0.4, 0.5) is 0 Å². The molecule has 0 aromatic heterocycles. The van der Waals surface area contributed by atoms with E-state index in [1.54, 1.807) is 65.2 Å². The first-order chi connectivity index (χ1) is 35.3. The number of hydrogen-bond acceptors (Lipinski definition) is 7. The number of likely N-dealkylation sites (tertiary alicyclic amines) is 1. The molecule has 0 radical (unpaired) electrons. The van der Waals surface area contributed by atoms with Crippen molar-refractivity contribution < 1.29 is 28.4 Å². The first-order valence-corrected chi connectivity index (χ1v) is 28.9. The topological polar surface area (TPSA) is 58.6 Å². The van der Waals surface area contributed by atoms with Crippen molar-refractivity contribution in [2.45, 2.75) is 109 Å². The van der Waals surface area contributed by atoms with E-state index in [1.807, 2.05) is 54.8 Å². The first kappa shape index (κ1) is 40.1. The summed E-state index contributed by atoms with van der Waals surface area (Å²) < 4.78 is 37.3. The van der Waals surface area contributed by atoms with E-state index in [1.165, 1.54) is 76.3 Å². The number of hydrogen-bond donors (Lipinski definition) is 0. The summed E-state index contributed by atoms with van der Waals surface area (Å²) in [7, 11) is 2.56. The standard InChI is InChI=1S/C65H65NO6/c1-62(26-69-27-62)24-67-16-4-18-71-31-20-30(21-32(22-31)72-19-5-17-68-25-63(2)28-70-29-63)61-65-42-15-14-41-39-12-10-37-35-8-6-33-34-7-9-36-38-11-13-40(42)50-48(38)53-46(36)44(34)51-43(33)45(35)52-47(37)49(39)59(64(41,65)23-66(61)3)57-55(52)54(51)56(53)58(57)60(50)65/h20-22,37,39,41,47,49,60-61H,4-19,23-29H2,1-3H3. The van der Waals surface area contributed by atoms with Crippen LogP contribution in [0.2, 0.25) is 0 Å². The van der Waals surface area contributed by atoms with Gasteiger partial charge in [-0.3, -0.25) is 4.90 Å². The summed E-state index contributed by atoms with van der Waals surface area (Å²) in [6.45, 7) is 13.0. The lowest BCUT2D eigenvalue weighted by molar-refractivity contribution is -0.138. The van der Waals surface area contributed by atoms with Crippen molar-refractivity contribution in [1.82, 2.24) is 4.90 Å². The van der Waals surface area contributed by atoms with Crippen molar-refractivity contribution in [2.24, 2.45) is 45.3 Å². The zero-order valence-corrected chi connectivity index (χ0v) is 42.4. The van der Waals surface area contributed by atoms with E-state index in [9.17, 15) is 0 Å². The van der Waals surface area contributed by atoms with Gasteiger partial charge in [0.05, 0.1) is 52.9 Å². The Bertz CT molecular complexity index is 3780. The van der Waals surface area contributed by atoms with E-state index in [4.69, 9.17) is 28.4 Å². The Morgan fingerprint density at radius 3 is 2.03 bits per heavy atom. The van der Waals surface area contributed by atoms with Crippen LogP contribution in [0.15, 0.2) is 29.3 Å². The highest BCUT2D eigenvalue weighted by Gasteiger charge is 2.82. The monoisotopic (exact) mass is 955 g/mol. The third-order valence-corrected chi connectivity index (χ3v) is 23.7. The second kappa shape index (κ2) is 12.7.